The average molecular weight is 578 g/mol. The predicted octanol–water partition coefficient (Wildman–Crippen LogP) is 1.57. The van der Waals surface area contributed by atoms with E-state index in [1.807, 2.05) is 37.3 Å². The fraction of sp³-hybridized carbons (Fsp3) is 0.452. The van der Waals surface area contributed by atoms with Crippen LogP contribution in [-0.4, -0.2) is 96.2 Å². The van der Waals surface area contributed by atoms with Crippen LogP contribution >= 0.6 is 0 Å². The number of fused-ring (bicyclic) bond motifs is 1. The third kappa shape index (κ3) is 8.31. The number of amides is 5. The van der Waals surface area contributed by atoms with E-state index in [0.717, 1.165) is 12.0 Å². The van der Waals surface area contributed by atoms with Gasteiger partial charge in [-0.3, -0.25) is 24.0 Å². The van der Waals surface area contributed by atoms with Crippen molar-refractivity contribution in [2.45, 2.75) is 45.2 Å². The Bertz CT molecular complexity index is 1270. The second-order valence-electron chi connectivity index (χ2n) is 10.4. The van der Waals surface area contributed by atoms with Gasteiger partial charge >= 0.3 is 0 Å². The molecule has 2 aromatic rings. The van der Waals surface area contributed by atoms with Gasteiger partial charge < -0.3 is 30.1 Å². The van der Waals surface area contributed by atoms with Crippen molar-refractivity contribution >= 4 is 29.5 Å². The summed E-state index contributed by atoms with van der Waals surface area (Å²) in [7, 11) is 0. The maximum absolute atomic E-state index is 13.7. The molecule has 2 aliphatic heterocycles. The number of likely N-dealkylation sites (tertiary alicyclic amines) is 1. The molecule has 5 amide bonds. The van der Waals surface area contributed by atoms with Gasteiger partial charge in [0.1, 0.15) is 24.9 Å². The van der Waals surface area contributed by atoms with Crippen LogP contribution in [0, 0.1) is 0 Å². The number of hydrogen-bond acceptors (Lipinski definition) is 6. The highest BCUT2D eigenvalue weighted by atomic mass is 16.5. The molecule has 0 saturated carbocycles. The molecular weight excluding hydrogens is 538 g/mol. The summed E-state index contributed by atoms with van der Waals surface area (Å²) < 4.78 is 5.89. The zero-order valence-corrected chi connectivity index (χ0v) is 24.0. The van der Waals surface area contributed by atoms with E-state index in [2.05, 4.69) is 10.6 Å². The molecule has 42 heavy (non-hydrogen) atoms. The van der Waals surface area contributed by atoms with Gasteiger partial charge in [-0.2, -0.15) is 0 Å². The zero-order chi connectivity index (χ0) is 29.9. The standard InChI is InChI=1S/C31H39N5O6/c1-2-34-18-19-42-26-13-7-6-12-24(26)30(40)33-25(31(41)32-15-9-17-35-16-8-14-27(35)37)20-28(38)36(22-29(34)39)21-23-10-4-3-5-11-23/h3-7,10-13,25H,2,8-9,14-22H2,1H3,(H,32,41)(H,33,40)/t25-/m0/s1. The molecule has 2 aromatic carbocycles. The third-order valence-electron chi connectivity index (χ3n) is 7.46. The molecule has 11 nitrogen and oxygen atoms in total. The van der Waals surface area contributed by atoms with Gasteiger partial charge in [0.2, 0.25) is 23.6 Å². The smallest absolute Gasteiger partial charge is 0.255 e. The minimum Gasteiger partial charge on any atom is -0.491 e. The second kappa shape index (κ2) is 15.0. The van der Waals surface area contributed by atoms with Gasteiger partial charge in [0, 0.05) is 39.1 Å². The minimum absolute atomic E-state index is 0.112. The molecule has 1 saturated heterocycles. The van der Waals surface area contributed by atoms with Crippen LogP contribution in [0.3, 0.4) is 0 Å². The Morgan fingerprint density at radius 2 is 1.69 bits per heavy atom. The third-order valence-corrected chi connectivity index (χ3v) is 7.46. The number of benzene rings is 2. The minimum atomic E-state index is -1.19. The van der Waals surface area contributed by atoms with E-state index in [-0.39, 0.29) is 56.6 Å². The van der Waals surface area contributed by atoms with Crippen molar-refractivity contribution in [3.05, 3.63) is 65.7 Å². The first kappa shape index (κ1) is 30.5. The topological polar surface area (TPSA) is 128 Å². The molecule has 224 valence electrons. The Kier molecular flexibility index (Phi) is 10.9. The summed E-state index contributed by atoms with van der Waals surface area (Å²) in [5.74, 6) is -1.31. The SMILES string of the molecule is CCN1CCOc2ccccc2C(=O)N[C@H](C(=O)NCCCN2CCCC2=O)CC(=O)N(Cc2ccccc2)CC1=O. The normalized spacial score (nSPS) is 18.7. The molecule has 2 N–H and O–H groups in total. The highest BCUT2D eigenvalue weighted by Crippen LogP contribution is 2.19. The van der Waals surface area contributed by atoms with Gasteiger partial charge in [0.05, 0.1) is 18.5 Å². The molecule has 2 aliphatic rings. The average Bonchev–Trinajstić information content (AvgIpc) is 3.41. The van der Waals surface area contributed by atoms with Crippen molar-refractivity contribution in [2.24, 2.45) is 0 Å². The van der Waals surface area contributed by atoms with Crippen LogP contribution in [0.25, 0.3) is 0 Å². The van der Waals surface area contributed by atoms with Crippen molar-refractivity contribution in [3.63, 3.8) is 0 Å². The van der Waals surface area contributed by atoms with Crippen molar-refractivity contribution in [1.82, 2.24) is 25.3 Å². The van der Waals surface area contributed by atoms with E-state index in [4.69, 9.17) is 4.74 Å². The van der Waals surface area contributed by atoms with E-state index in [1.165, 1.54) is 4.90 Å². The quantitative estimate of drug-likeness (QED) is 0.459. The molecule has 0 unspecified atom stereocenters. The highest BCUT2D eigenvalue weighted by Gasteiger charge is 2.30. The summed E-state index contributed by atoms with van der Waals surface area (Å²) in [4.78, 5) is 70.4. The summed E-state index contributed by atoms with van der Waals surface area (Å²) in [5, 5.41) is 5.54. The Labute approximate surface area is 246 Å². The Morgan fingerprint density at radius 3 is 2.43 bits per heavy atom. The van der Waals surface area contributed by atoms with E-state index in [1.54, 1.807) is 34.1 Å². The van der Waals surface area contributed by atoms with Gasteiger partial charge in [-0.15, -0.1) is 0 Å². The summed E-state index contributed by atoms with van der Waals surface area (Å²) in [5.41, 5.74) is 1.06. The van der Waals surface area contributed by atoms with E-state index < -0.39 is 23.8 Å². The van der Waals surface area contributed by atoms with Gasteiger partial charge in [-0.05, 0) is 37.5 Å². The molecule has 2 heterocycles. The van der Waals surface area contributed by atoms with Crippen molar-refractivity contribution < 1.29 is 28.7 Å². The first-order chi connectivity index (χ1) is 20.4. The molecule has 11 heteroatoms. The fourth-order valence-electron chi connectivity index (χ4n) is 5.10. The molecule has 0 aliphatic carbocycles. The van der Waals surface area contributed by atoms with Crippen LogP contribution in [0.2, 0.25) is 0 Å². The van der Waals surface area contributed by atoms with Crippen LogP contribution in [0.4, 0.5) is 0 Å². The first-order valence-electron chi connectivity index (χ1n) is 14.5. The number of likely N-dealkylation sites (N-methyl/N-ethyl adjacent to an activating group) is 1. The van der Waals surface area contributed by atoms with E-state index in [0.29, 0.717) is 38.2 Å². The fourth-order valence-corrected chi connectivity index (χ4v) is 5.10. The summed E-state index contributed by atoms with van der Waals surface area (Å²) in [6, 6.07) is 14.8. The monoisotopic (exact) mass is 577 g/mol. The highest BCUT2D eigenvalue weighted by molar-refractivity contribution is 6.01. The Hall–Kier alpha value is -4.41. The van der Waals surface area contributed by atoms with Crippen LogP contribution < -0.4 is 15.4 Å². The Morgan fingerprint density at radius 1 is 0.929 bits per heavy atom. The largest absolute Gasteiger partial charge is 0.491 e. The number of rotatable bonds is 8. The molecule has 1 fully saturated rings. The lowest BCUT2D eigenvalue weighted by molar-refractivity contribution is -0.142. The summed E-state index contributed by atoms with van der Waals surface area (Å²) >= 11 is 0. The predicted molar refractivity (Wildman–Crippen MR) is 155 cm³/mol. The van der Waals surface area contributed by atoms with Crippen LogP contribution in [0.5, 0.6) is 5.75 Å². The van der Waals surface area contributed by atoms with Gasteiger partial charge in [0.15, 0.2) is 0 Å². The molecular formula is C31H39N5O6. The molecule has 0 radical (unpaired) electrons. The van der Waals surface area contributed by atoms with Crippen LogP contribution in [0.15, 0.2) is 54.6 Å². The number of para-hydroxylation sites is 1. The number of hydrogen-bond donors (Lipinski definition) is 2. The van der Waals surface area contributed by atoms with Crippen molar-refractivity contribution in [3.8, 4) is 5.75 Å². The first-order valence-corrected chi connectivity index (χ1v) is 14.5. The number of nitrogens with one attached hydrogen (secondary N) is 2. The molecule has 1 atom stereocenters. The van der Waals surface area contributed by atoms with E-state index >= 15 is 0 Å². The summed E-state index contributed by atoms with van der Waals surface area (Å²) in [6.45, 7) is 4.23. The second-order valence-corrected chi connectivity index (χ2v) is 10.4. The molecule has 0 aromatic heterocycles. The van der Waals surface area contributed by atoms with Crippen LogP contribution in [0.1, 0.15) is 48.5 Å². The number of ether oxygens (including phenoxy) is 1. The lowest BCUT2D eigenvalue weighted by Crippen LogP contribution is -2.51. The maximum atomic E-state index is 13.7. The van der Waals surface area contributed by atoms with Crippen LogP contribution in [-0.2, 0) is 25.7 Å². The number of carbonyl (C=O) groups excluding carboxylic acids is 5. The number of nitrogens with zero attached hydrogens (tertiary/aromatic N) is 3. The van der Waals surface area contributed by atoms with Gasteiger partial charge in [-0.1, -0.05) is 42.5 Å². The zero-order valence-electron chi connectivity index (χ0n) is 24.0. The lowest BCUT2D eigenvalue weighted by atomic mass is 10.1. The van der Waals surface area contributed by atoms with Gasteiger partial charge in [-0.25, -0.2) is 0 Å². The molecule has 4 rings (SSSR count). The number of carbonyl (C=O) groups is 5. The lowest BCUT2D eigenvalue weighted by Gasteiger charge is -2.29. The Balaban J connectivity index is 1.55. The van der Waals surface area contributed by atoms with Crippen molar-refractivity contribution in [1.29, 1.82) is 0 Å². The van der Waals surface area contributed by atoms with E-state index in [9.17, 15) is 24.0 Å². The van der Waals surface area contributed by atoms with Gasteiger partial charge in [0.25, 0.3) is 5.91 Å². The molecule has 0 bridgehead atoms. The van der Waals surface area contributed by atoms with Crippen molar-refractivity contribution in [2.75, 3.05) is 45.9 Å². The summed E-state index contributed by atoms with van der Waals surface area (Å²) in [6.07, 6.45) is 1.60. The molecule has 0 spiro atoms. The maximum Gasteiger partial charge on any atom is 0.255 e.